The van der Waals surface area contributed by atoms with Crippen molar-refractivity contribution in [3.05, 3.63) is 21.2 Å². The van der Waals surface area contributed by atoms with Crippen molar-refractivity contribution in [1.29, 1.82) is 5.26 Å². The minimum Gasteiger partial charge on any atom is -0.246 e. The molecule has 0 amide bonds. The van der Waals surface area contributed by atoms with E-state index in [1.807, 2.05) is 19.9 Å². The van der Waals surface area contributed by atoms with E-state index in [9.17, 15) is 0 Å². The maximum Gasteiger partial charge on any atom is 0.0960 e. The molecule has 0 fully saturated rings. The molecule has 4 heteroatoms. The van der Waals surface area contributed by atoms with Crippen molar-refractivity contribution in [1.82, 2.24) is 4.98 Å². The van der Waals surface area contributed by atoms with Crippen molar-refractivity contribution >= 4 is 28.0 Å². The molecular formula is C9H9ClN2S. The molecule has 0 bridgehead atoms. The summed E-state index contributed by atoms with van der Waals surface area (Å²) >= 11 is 7.52. The van der Waals surface area contributed by atoms with E-state index in [0.717, 1.165) is 15.6 Å². The van der Waals surface area contributed by atoms with Gasteiger partial charge in [0.05, 0.1) is 26.7 Å². The van der Waals surface area contributed by atoms with E-state index in [2.05, 4.69) is 4.98 Å². The van der Waals surface area contributed by atoms with E-state index >= 15 is 0 Å². The lowest BCUT2D eigenvalue weighted by atomic mass is 10.2. The molecule has 0 aliphatic heterocycles. The van der Waals surface area contributed by atoms with E-state index in [1.165, 1.54) is 11.3 Å². The van der Waals surface area contributed by atoms with Crippen LogP contribution in [-0.4, -0.2) is 4.98 Å². The lowest BCUT2D eigenvalue weighted by molar-refractivity contribution is 1.19. The van der Waals surface area contributed by atoms with Crippen LogP contribution in [0.4, 0.5) is 0 Å². The molecule has 0 saturated carbocycles. The number of aromatic nitrogens is 1. The Morgan fingerprint density at radius 2 is 2.15 bits per heavy atom. The number of halogens is 1. The van der Waals surface area contributed by atoms with Crippen LogP contribution in [-0.2, 0) is 0 Å². The highest BCUT2D eigenvalue weighted by atomic mass is 35.5. The van der Waals surface area contributed by atoms with E-state index in [4.69, 9.17) is 16.9 Å². The van der Waals surface area contributed by atoms with Gasteiger partial charge in [-0.25, -0.2) is 4.98 Å². The third-order valence-corrected chi connectivity index (χ3v) is 3.27. The summed E-state index contributed by atoms with van der Waals surface area (Å²) in [6.07, 6.45) is 0. The predicted octanol–water partition coefficient (Wildman–Crippen LogP) is 3.25. The second-order valence-electron chi connectivity index (χ2n) is 2.70. The molecule has 0 N–H and O–H groups in total. The Hall–Kier alpha value is -0.850. The quantitative estimate of drug-likeness (QED) is 0.670. The van der Waals surface area contributed by atoms with Crippen molar-refractivity contribution in [2.24, 2.45) is 0 Å². The first-order valence-electron chi connectivity index (χ1n) is 3.77. The highest BCUT2D eigenvalue weighted by Crippen LogP contribution is 2.30. The Morgan fingerprint density at radius 3 is 2.54 bits per heavy atom. The topological polar surface area (TPSA) is 36.7 Å². The van der Waals surface area contributed by atoms with Crippen molar-refractivity contribution in [2.45, 2.75) is 20.8 Å². The standard InChI is InChI=1S/C9H9ClN2S/c1-5(4-11)8(10)9-6(2)12-7(3)13-9/h1-3H3. The van der Waals surface area contributed by atoms with Gasteiger partial charge in [0.1, 0.15) is 0 Å². The minimum atomic E-state index is 0.519. The first-order chi connectivity index (χ1) is 6.06. The monoisotopic (exact) mass is 212 g/mol. The molecule has 68 valence electrons. The van der Waals surface area contributed by atoms with Crippen molar-refractivity contribution < 1.29 is 0 Å². The summed E-state index contributed by atoms with van der Waals surface area (Å²) in [5.74, 6) is 0. The third-order valence-electron chi connectivity index (χ3n) is 1.60. The molecule has 0 spiro atoms. The number of nitrogens with zero attached hydrogens (tertiary/aromatic N) is 2. The molecule has 0 aliphatic carbocycles. The molecule has 1 rings (SSSR count). The maximum absolute atomic E-state index is 8.66. The lowest BCUT2D eigenvalue weighted by Gasteiger charge is -1.95. The second-order valence-corrected chi connectivity index (χ2v) is 4.28. The molecule has 0 unspecified atom stereocenters. The number of rotatable bonds is 1. The third kappa shape index (κ3) is 2.09. The Bertz CT molecular complexity index is 398. The zero-order valence-electron chi connectivity index (χ0n) is 7.68. The molecule has 1 heterocycles. The fourth-order valence-corrected chi connectivity index (χ4v) is 2.16. The molecule has 0 atom stereocenters. The SMILES string of the molecule is CC(C#N)=C(Cl)c1sc(C)nc1C. The van der Waals surface area contributed by atoms with Gasteiger partial charge in [-0.1, -0.05) is 11.6 Å². The van der Waals surface area contributed by atoms with Crippen molar-refractivity contribution in [3.8, 4) is 6.07 Å². The Morgan fingerprint density at radius 1 is 1.54 bits per heavy atom. The Kier molecular flexibility index (Phi) is 3.07. The molecule has 1 aromatic heterocycles. The van der Waals surface area contributed by atoms with E-state index in [-0.39, 0.29) is 0 Å². The first kappa shape index (κ1) is 10.2. The molecule has 0 radical (unpaired) electrons. The van der Waals surface area contributed by atoms with Crippen LogP contribution in [0.25, 0.3) is 5.03 Å². The van der Waals surface area contributed by atoms with E-state index in [0.29, 0.717) is 10.6 Å². The van der Waals surface area contributed by atoms with Crippen LogP contribution < -0.4 is 0 Å². The fraction of sp³-hybridized carbons (Fsp3) is 0.333. The van der Waals surface area contributed by atoms with Crippen molar-refractivity contribution in [2.75, 3.05) is 0 Å². The van der Waals surface area contributed by atoms with E-state index in [1.54, 1.807) is 6.92 Å². The average Bonchev–Trinajstić information content (AvgIpc) is 2.42. The summed E-state index contributed by atoms with van der Waals surface area (Å²) < 4.78 is 0. The summed E-state index contributed by atoms with van der Waals surface area (Å²) in [5.41, 5.74) is 1.43. The van der Waals surface area contributed by atoms with Gasteiger partial charge >= 0.3 is 0 Å². The summed E-state index contributed by atoms with van der Waals surface area (Å²) in [4.78, 5) is 5.14. The molecule has 1 aromatic rings. The molecule has 0 saturated heterocycles. The van der Waals surface area contributed by atoms with Gasteiger partial charge < -0.3 is 0 Å². The molecule has 0 aliphatic rings. The summed E-state index contributed by atoms with van der Waals surface area (Å²) in [6.45, 7) is 5.52. The van der Waals surface area contributed by atoms with Gasteiger partial charge in [-0.15, -0.1) is 11.3 Å². The number of allylic oxidation sites excluding steroid dienone is 1. The van der Waals surface area contributed by atoms with Gasteiger partial charge in [0, 0.05) is 5.57 Å². The molecule has 13 heavy (non-hydrogen) atoms. The summed E-state index contributed by atoms with van der Waals surface area (Å²) in [7, 11) is 0. The molecule has 2 nitrogen and oxygen atoms in total. The number of hydrogen-bond donors (Lipinski definition) is 0. The molecular weight excluding hydrogens is 204 g/mol. The smallest absolute Gasteiger partial charge is 0.0960 e. The predicted molar refractivity (Wildman–Crippen MR) is 55.6 cm³/mol. The zero-order chi connectivity index (χ0) is 10.0. The highest BCUT2D eigenvalue weighted by Gasteiger charge is 2.10. The highest BCUT2D eigenvalue weighted by molar-refractivity contribution is 7.13. The minimum absolute atomic E-state index is 0.519. The Balaban J connectivity index is 3.25. The number of hydrogen-bond acceptors (Lipinski definition) is 3. The average molecular weight is 213 g/mol. The number of nitriles is 1. The summed E-state index contributed by atoms with van der Waals surface area (Å²) in [5, 5.41) is 10.1. The van der Waals surface area contributed by atoms with Gasteiger partial charge in [-0.3, -0.25) is 0 Å². The van der Waals surface area contributed by atoms with Gasteiger partial charge in [0.25, 0.3) is 0 Å². The van der Waals surface area contributed by atoms with Crippen molar-refractivity contribution in [3.63, 3.8) is 0 Å². The van der Waals surface area contributed by atoms with Crippen LogP contribution in [0.5, 0.6) is 0 Å². The first-order valence-corrected chi connectivity index (χ1v) is 4.96. The number of thiazole rings is 1. The van der Waals surface area contributed by atoms with Crippen LogP contribution in [0, 0.1) is 25.2 Å². The Labute approximate surface area is 86.5 Å². The van der Waals surface area contributed by atoms with Crippen LogP contribution in [0.3, 0.4) is 0 Å². The molecule has 0 aromatic carbocycles. The van der Waals surface area contributed by atoms with E-state index < -0.39 is 0 Å². The zero-order valence-corrected chi connectivity index (χ0v) is 9.25. The van der Waals surface area contributed by atoms with Crippen LogP contribution >= 0.6 is 22.9 Å². The largest absolute Gasteiger partial charge is 0.246 e. The maximum atomic E-state index is 8.66. The van der Waals surface area contributed by atoms with Crippen LogP contribution in [0.1, 0.15) is 22.5 Å². The van der Waals surface area contributed by atoms with Gasteiger partial charge in [-0.2, -0.15) is 5.26 Å². The van der Waals surface area contributed by atoms with Gasteiger partial charge in [0.2, 0.25) is 0 Å². The van der Waals surface area contributed by atoms with Gasteiger partial charge in [-0.05, 0) is 20.8 Å². The van der Waals surface area contributed by atoms with Crippen LogP contribution in [0.2, 0.25) is 0 Å². The lowest BCUT2D eigenvalue weighted by Crippen LogP contribution is -1.80. The van der Waals surface area contributed by atoms with Crippen LogP contribution in [0.15, 0.2) is 5.57 Å². The number of aryl methyl sites for hydroxylation is 2. The fourth-order valence-electron chi connectivity index (χ4n) is 0.954. The summed E-state index contributed by atoms with van der Waals surface area (Å²) in [6, 6.07) is 2.03. The second kappa shape index (κ2) is 3.91. The van der Waals surface area contributed by atoms with Gasteiger partial charge in [0.15, 0.2) is 0 Å². The normalized spacial score (nSPS) is 12.2.